The lowest BCUT2D eigenvalue weighted by Gasteiger charge is -2.29. The maximum absolute atomic E-state index is 13.4. The van der Waals surface area contributed by atoms with Crippen molar-refractivity contribution in [3.8, 4) is 16.5 Å². The minimum atomic E-state index is -4.52. The molecule has 5 rings (SSSR count). The number of likely N-dealkylation sites (tertiary alicyclic amines) is 1. The van der Waals surface area contributed by atoms with E-state index in [2.05, 4.69) is 16.9 Å². The molecule has 1 aliphatic rings. The molecule has 0 spiro atoms. The summed E-state index contributed by atoms with van der Waals surface area (Å²) in [6.07, 6.45) is -0.876. The van der Waals surface area contributed by atoms with Gasteiger partial charge < -0.3 is 19.1 Å². The second kappa shape index (κ2) is 10.7. The van der Waals surface area contributed by atoms with Gasteiger partial charge in [-0.15, -0.1) is 11.3 Å². The van der Waals surface area contributed by atoms with Gasteiger partial charge in [-0.2, -0.15) is 13.2 Å². The molecule has 1 fully saturated rings. The van der Waals surface area contributed by atoms with Crippen LogP contribution in [0.1, 0.15) is 33.6 Å². The van der Waals surface area contributed by atoms with Crippen LogP contribution in [0, 0.1) is 0 Å². The van der Waals surface area contributed by atoms with Crippen molar-refractivity contribution in [3.63, 3.8) is 0 Å². The predicted molar refractivity (Wildman–Crippen MR) is 137 cm³/mol. The highest BCUT2D eigenvalue weighted by Crippen LogP contribution is 2.37. The van der Waals surface area contributed by atoms with E-state index in [-0.39, 0.29) is 28.9 Å². The summed E-state index contributed by atoms with van der Waals surface area (Å²) in [5.74, 6) is 0.212. The van der Waals surface area contributed by atoms with Gasteiger partial charge in [0.2, 0.25) is 0 Å². The molecule has 0 unspecified atom stereocenters. The second-order valence-corrected chi connectivity index (χ2v) is 10.1. The number of methoxy groups -OCH3 is 1. The first kappa shape index (κ1) is 26.1. The summed E-state index contributed by atoms with van der Waals surface area (Å²) in [6.45, 7) is 1.59. The zero-order valence-electron chi connectivity index (χ0n) is 20.8. The van der Waals surface area contributed by atoms with Crippen molar-refractivity contribution in [1.29, 1.82) is 0 Å². The van der Waals surface area contributed by atoms with Crippen LogP contribution < -0.4 is 9.47 Å². The Bertz CT molecular complexity index is 1440. The van der Waals surface area contributed by atoms with Gasteiger partial charge in [-0.25, -0.2) is 9.78 Å². The van der Waals surface area contributed by atoms with Crippen molar-refractivity contribution in [3.05, 3.63) is 70.9 Å². The third-order valence-electron chi connectivity index (χ3n) is 6.49. The number of benzene rings is 2. The van der Waals surface area contributed by atoms with Crippen molar-refractivity contribution in [1.82, 2.24) is 14.5 Å². The standard InChI is InChI=1S/C27H26F3N3O4S/c1-32-11-9-18(10-12-32)37-19-7-8-21-22(13-19)33(16-31-21)24-14-23(25(38-24)26(34)35-2)36-15-17-5-3-4-6-20(17)27(28,29)30/h3-8,13-14,16,18H,9-12,15H2,1-2H3. The van der Waals surface area contributed by atoms with E-state index in [1.807, 2.05) is 18.2 Å². The smallest absolute Gasteiger partial charge is 0.416 e. The topological polar surface area (TPSA) is 65.8 Å². The molecule has 0 aliphatic carbocycles. The molecule has 0 atom stereocenters. The average Bonchev–Trinajstić information content (AvgIpc) is 3.52. The molecule has 3 heterocycles. The number of piperidine rings is 1. The van der Waals surface area contributed by atoms with Crippen molar-refractivity contribution >= 4 is 28.3 Å². The fourth-order valence-corrected chi connectivity index (χ4v) is 5.44. The molecule has 0 saturated carbocycles. The Morgan fingerprint density at radius 1 is 1.13 bits per heavy atom. The molecule has 7 nitrogen and oxygen atoms in total. The van der Waals surface area contributed by atoms with Crippen LogP contribution in [0.5, 0.6) is 11.5 Å². The van der Waals surface area contributed by atoms with Crippen LogP contribution in [0.2, 0.25) is 0 Å². The highest BCUT2D eigenvalue weighted by atomic mass is 32.1. The third-order valence-corrected chi connectivity index (χ3v) is 7.58. The third kappa shape index (κ3) is 5.48. The van der Waals surface area contributed by atoms with E-state index >= 15 is 0 Å². The molecule has 4 aromatic rings. The molecule has 1 saturated heterocycles. The minimum absolute atomic E-state index is 0.0349. The number of carbonyl (C=O) groups is 1. The molecule has 38 heavy (non-hydrogen) atoms. The molecule has 2 aromatic carbocycles. The van der Waals surface area contributed by atoms with E-state index in [0.717, 1.165) is 60.1 Å². The van der Waals surface area contributed by atoms with Crippen LogP contribution in [0.25, 0.3) is 16.0 Å². The van der Waals surface area contributed by atoms with E-state index < -0.39 is 17.7 Å². The van der Waals surface area contributed by atoms with Gasteiger partial charge in [0, 0.05) is 30.8 Å². The van der Waals surface area contributed by atoms with Gasteiger partial charge in [-0.05, 0) is 38.1 Å². The van der Waals surface area contributed by atoms with E-state index in [4.69, 9.17) is 14.2 Å². The molecule has 1 aliphatic heterocycles. The number of hydrogen-bond donors (Lipinski definition) is 0. The number of esters is 1. The molecule has 11 heteroatoms. The molecular weight excluding hydrogens is 519 g/mol. The number of imidazole rings is 1. The largest absolute Gasteiger partial charge is 0.490 e. The van der Waals surface area contributed by atoms with Gasteiger partial charge in [-0.1, -0.05) is 18.2 Å². The Kier molecular flexibility index (Phi) is 7.31. The van der Waals surface area contributed by atoms with Gasteiger partial charge in [0.15, 0.2) is 4.88 Å². The molecule has 0 bridgehead atoms. The monoisotopic (exact) mass is 545 g/mol. The lowest BCUT2D eigenvalue weighted by molar-refractivity contribution is -0.138. The Morgan fingerprint density at radius 3 is 2.63 bits per heavy atom. The number of hydrogen-bond acceptors (Lipinski definition) is 7. The summed E-state index contributed by atoms with van der Waals surface area (Å²) in [6, 6.07) is 12.5. The Hall–Kier alpha value is -3.57. The minimum Gasteiger partial charge on any atom is -0.490 e. The molecular formula is C27H26F3N3O4S. The van der Waals surface area contributed by atoms with E-state index in [9.17, 15) is 18.0 Å². The first-order valence-corrected chi connectivity index (χ1v) is 12.9. The summed E-state index contributed by atoms with van der Waals surface area (Å²) in [7, 11) is 3.33. The molecule has 0 radical (unpaired) electrons. The first-order chi connectivity index (χ1) is 18.2. The van der Waals surface area contributed by atoms with E-state index in [1.165, 1.54) is 25.3 Å². The number of rotatable bonds is 7. The fraction of sp³-hybridized carbons (Fsp3) is 0.333. The summed E-state index contributed by atoms with van der Waals surface area (Å²) in [4.78, 5) is 19.4. The van der Waals surface area contributed by atoms with E-state index in [1.54, 1.807) is 17.0 Å². The maximum atomic E-state index is 13.4. The van der Waals surface area contributed by atoms with Gasteiger partial charge in [0.25, 0.3) is 0 Å². The van der Waals surface area contributed by atoms with Crippen LogP contribution in [-0.4, -0.2) is 53.8 Å². The van der Waals surface area contributed by atoms with Gasteiger partial charge >= 0.3 is 12.1 Å². The number of nitrogens with zero attached hydrogens (tertiary/aromatic N) is 3. The summed E-state index contributed by atoms with van der Waals surface area (Å²) >= 11 is 1.11. The van der Waals surface area contributed by atoms with Crippen LogP contribution in [0.4, 0.5) is 13.2 Å². The molecule has 200 valence electrons. The highest BCUT2D eigenvalue weighted by Gasteiger charge is 2.33. The number of thiophene rings is 1. The van der Waals surface area contributed by atoms with Gasteiger partial charge in [0.1, 0.15) is 35.5 Å². The predicted octanol–water partition coefficient (Wildman–Crippen LogP) is 5.94. The molecule has 0 amide bonds. The number of fused-ring (bicyclic) bond motifs is 1. The van der Waals surface area contributed by atoms with Crippen molar-refractivity contribution in [2.24, 2.45) is 0 Å². The van der Waals surface area contributed by atoms with Gasteiger partial charge in [0.05, 0.1) is 23.7 Å². The van der Waals surface area contributed by atoms with Crippen LogP contribution >= 0.6 is 11.3 Å². The Labute approximate surface area is 221 Å². The lowest BCUT2D eigenvalue weighted by atomic mass is 10.1. The molecule has 0 N–H and O–H groups in total. The van der Waals surface area contributed by atoms with Gasteiger partial charge in [-0.3, -0.25) is 4.57 Å². The summed E-state index contributed by atoms with van der Waals surface area (Å²) in [5, 5.41) is 0.600. The summed E-state index contributed by atoms with van der Waals surface area (Å²) < 4.78 is 58.9. The average molecular weight is 546 g/mol. The Balaban J connectivity index is 1.43. The maximum Gasteiger partial charge on any atom is 0.416 e. The zero-order chi connectivity index (χ0) is 26.9. The first-order valence-electron chi connectivity index (χ1n) is 12.1. The van der Waals surface area contributed by atoms with E-state index in [0.29, 0.717) is 5.00 Å². The number of alkyl halides is 3. The number of ether oxygens (including phenoxy) is 3. The lowest BCUT2D eigenvalue weighted by Crippen LogP contribution is -2.35. The SMILES string of the molecule is COC(=O)c1sc(-n2cnc3ccc(OC4CCN(C)CC4)cc32)cc1OCc1ccccc1C(F)(F)F. The second-order valence-electron chi connectivity index (χ2n) is 9.10. The highest BCUT2D eigenvalue weighted by molar-refractivity contribution is 7.16. The van der Waals surface area contributed by atoms with Crippen molar-refractivity contribution < 1.29 is 32.2 Å². The van der Waals surface area contributed by atoms with Crippen LogP contribution in [-0.2, 0) is 17.5 Å². The number of carbonyl (C=O) groups excluding carboxylic acids is 1. The zero-order valence-corrected chi connectivity index (χ0v) is 21.6. The van der Waals surface area contributed by atoms with Crippen molar-refractivity contribution in [2.45, 2.75) is 31.7 Å². The fourth-order valence-electron chi connectivity index (χ4n) is 4.43. The van der Waals surface area contributed by atoms with Crippen LogP contribution in [0.3, 0.4) is 0 Å². The number of halogens is 3. The molecule has 2 aromatic heterocycles. The quantitative estimate of drug-likeness (QED) is 0.268. The normalized spacial score (nSPS) is 15.1. The summed E-state index contributed by atoms with van der Waals surface area (Å²) in [5.41, 5.74) is 0.678. The van der Waals surface area contributed by atoms with Crippen molar-refractivity contribution in [2.75, 3.05) is 27.2 Å². The number of aromatic nitrogens is 2. The Morgan fingerprint density at radius 2 is 1.89 bits per heavy atom. The van der Waals surface area contributed by atoms with Crippen LogP contribution in [0.15, 0.2) is 54.9 Å².